The fourth-order valence-electron chi connectivity index (χ4n) is 7.20. The van der Waals surface area contributed by atoms with Crippen LogP contribution >= 0.6 is 0 Å². The molecule has 0 spiro atoms. The fourth-order valence-corrected chi connectivity index (χ4v) is 8.79. The third kappa shape index (κ3) is 9.33. The molecule has 4 nitrogen and oxygen atoms in total. The smallest absolute Gasteiger partial charge is 0.216 e. The topological polar surface area (TPSA) is 51.8 Å². The molecule has 1 aliphatic carbocycles. The first-order valence-electron chi connectivity index (χ1n) is 18.6. The van der Waals surface area contributed by atoms with Crippen LogP contribution in [0.1, 0.15) is 83.0 Å². The van der Waals surface area contributed by atoms with Gasteiger partial charge in [0.2, 0.25) is 5.71 Å². The number of nitrogens with zero attached hydrogens (tertiary/aromatic N) is 3. The Hall–Kier alpha value is -3.44. The molecule has 6 heteroatoms. The molecule has 51 heavy (non-hydrogen) atoms. The summed E-state index contributed by atoms with van der Waals surface area (Å²) in [5.41, 5.74) is 9.41. The minimum atomic E-state index is -1.35. The molecular weight excluding hydrogens is 819 g/mol. The molecule has 0 bridgehead atoms. The normalized spacial score (nSPS) is 14.2. The van der Waals surface area contributed by atoms with Crippen LogP contribution in [0.2, 0.25) is 19.6 Å². The molecule has 4 heterocycles. The number of aromatic nitrogens is 3. The summed E-state index contributed by atoms with van der Waals surface area (Å²) in [6, 6.07) is 29.7. The van der Waals surface area contributed by atoms with Crippen LogP contribution in [-0.4, -0.2) is 23.0 Å². The Bertz CT molecular complexity index is 2040. The van der Waals surface area contributed by atoms with Gasteiger partial charge >= 0.3 is 0 Å². The summed E-state index contributed by atoms with van der Waals surface area (Å²) < 4.78 is 6.23. The molecule has 1 fully saturated rings. The second-order valence-corrected chi connectivity index (χ2v) is 21.1. The van der Waals surface area contributed by atoms with Gasteiger partial charge in [0.15, 0.2) is 0 Å². The zero-order chi connectivity index (χ0) is 35.4. The van der Waals surface area contributed by atoms with Crippen molar-refractivity contribution in [2.45, 2.75) is 98.7 Å². The van der Waals surface area contributed by atoms with Crippen LogP contribution in [0.4, 0.5) is 0 Å². The SMILES string of the molecule is CC(C)Cc1ccc2c(n1)oc1c(-c3cc(C(C)C(C)C)ccn3)[c-]ccc12.C[Si](C)(C)c1cnc(-c2[c-]cccc2)cc1CC1CCCC1.[Ir]. The Morgan fingerprint density at radius 3 is 2.31 bits per heavy atom. The zero-order valence-corrected chi connectivity index (χ0v) is 35.0. The second kappa shape index (κ2) is 16.9. The predicted octanol–water partition coefficient (Wildman–Crippen LogP) is 11.6. The van der Waals surface area contributed by atoms with Gasteiger partial charge in [0.25, 0.3) is 0 Å². The van der Waals surface area contributed by atoms with E-state index in [1.807, 2.05) is 24.4 Å². The molecule has 0 N–H and O–H groups in total. The van der Waals surface area contributed by atoms with Gasteiger partial charge in [-0.05, 0) is 71.3 Å². The average Bonchev–Trinajstić information content (AvgIpc) is 3.75. The largest absolute Gasteiger partial charge is 0.486 e. The van der Waals surface area contributed by atoms with Gasteiger partial charge < -0.3 is 14.4 Å². The van der Waals surface area contributed by atoms with Crippen molar-refractivity contribution in [3.8, 4) is 22.5 Å². The van der Waals surface area contributed by atoms with Crippen LogP contribution in [0, 0.1) is 29.9 Å². The van der Waals surface area contributed by atoms with Crippen molar-refractivity contribution in [1.82, 2.24) is 15.0 Å². The van der Waals surface area contributed by atoms with Crippen molar-refractivity contribution in [2.24, 2.45) is 17.8 Å². The molecule has 1 unspecified atom stereocenters. The fraction of sp³-hybridized carbons (Fsp3) is 0.400. The molecule has 269 valence electrons. The first-order chi connectivity index (χ1) is 24.0. The number of hydrogen-bond donors (Lipinski definition) is 0. The van der Waals surface area contributed by atoms with Gasteiger partial charge in [-0.2, -0.15) is 0 Å². The van der Waals surface area contributed by atoms with Crippen molar-refractivity contribution < 1.29 is 24.5 Å². The van der Waals surface area contributed by atoms with Gasteiger partial charge in [-0.25, -0.2) is 4.98 Å². The molecule has 7 rings (SSSR count). The van der Waals surface area contributed by atoms with E-state index in [2.05, 4.69) is 126 Å². The molecular formula is C45H53IrN3OSi-2. The molecule has 1 radical (unpaired) electrons. The summed E-state index contributed by atoms with van der Waals surface area (Å²) in [7, 11) is -1.35. The van der Waals surface area contributed by atoms with Gasteiger partial charge in [-0.15, -0.1) is 54.1 Å². The van der Waals surface area contributed by atoms with E-state index in [4.69, 9.17) is 14.4 Å². The third-order valence-corrected chi connectivity index (χ3v) is 12.4. The van der Waals surface area contributed by atoms with Gasteiger partial charge in [0.05, 0.1) is 13.7 Å². The summed E-state index contributed by atoms with van der Waals surface area (Å²) in [4.78, 5) is 14.1. The number of pyridine rings is 3. The van der Waals surface area contributed by atoms with Crippen molar-refractivity contribution in [3.63, 3.8) is 0 Å². The van der Waals surface area contributed by atoms with Gasteiger partial charge in [-0.3, -0.25) is 0 Å². The summed E-state index contributed by atoms with van der Waals surface area (Å²) >= 11 is 0. The van der Waals surface area contributed by atoms with E-state index in [0.717, 1.165) is 56.9 Å². The quantitative estimate of drug-likeness (QED) is 0.107. The molecule has 0 amide bonds. The van der Waals surface area contributed by atoms with Crippen molar-refractivity contribution in [1.29, 1.82) is 0 Å². The predicted molar refractivity (Wildman–Crippen MR) is 213 cm³/mol. The number of benzene rings is 2. The average molecular weight is 872 g/mol. The van der Waals surface area contributed by atoms with Crippen LogP contribution in [-0.2, 0) is 32.9 Å². The van der Waals surface area contributed by atoms with Crippen molar-refractivity contribution in [2.75, 3.05) is 0 Å². The molecule has 4 aromatic heterocycles. The molecule has 1 saturated carbocycles. The summed E-state index contributed by atoms with van der Waals surface area (Å²) in [5, 5.41) is 3.65. The maximum absolute atomic E-state index is 6.23. The van der Waals surface area contributed by atoms with E-state index in [0.29, 0.717) is 23.5 Å². The molecule has 1 atom stereocenters. The third-order valence-electron chi connectivity index (χ3n) is 10.3. The minimum absolute atomic E-state index is 0. The Kier molecular flexibility index (Phi) is 12.9. The number of fused-ring (bicyclic) bond motifs is 3. The first kappa shape index (κ1) is 38.8. The Morgan fingerprint density at radius 1 is 0.843 bits per heavy atom. The molecule has 1 aliphatic rings. The molecule has 6 aromatic rings. The van der Waals surface area contributed by atoms with E-state index in [9.17, 15) is 0 Å². The van der Waals surface area contributed by atoms with E-state index in [-0.39, 0.29) is 20.1 Å². The van der Waals surface area contributed by atoms with Crippen molar-refractivity contribution >= 4 is 35.3 Å². The Morgan fingerprint density at radius 2 is 1.63 bits per heavy atom. The van der Waals surface area contributed by atoms with Gasteiger partial charge in [-0.1, -0.05) is 114 Å². The summed E-state index contributed by atoms with van der Waals surface area (Å²) in [6.07, 6.45) is 11.9. The Balaban J connectivity index is 0.000000199. The molecule has 2 aromatic carbocycles. The zero-order valence-electron chi connectivity index (χ0n) is 31.6. The van der Waals surface area contributed by atoms with Gasteiger partial charge in [0.1, 0.15) is 0 Å². The maximum Gasteiger partial charge on any atom is 0.216 e. The number of hydrogen-bond acceptors (Lipinski definition) is 4. The van der Waals surface area contributed by atoms with Crippen LogP contribution in [0.25, 0.3) is 44.6 Å². The molecule has 0 aliphatic heterocycles. The Labute approximate surface area is 320 Å². The number of rotatable bonds is 9. The van der Waals surface area contributed by atoms with Gasteiger partial charge in [0, 0.05) is 43.6 Å². The standard InChI is InChI=1S/C25H27N2O.C20H26NSi.Ir/c1-15(2)13-19-9-10-21-20-7-6-8-22(24(20)28-25(21)27-19)23-14-18(11-12-26-23)17(5)16(3)4;1-22(2,3)20-15-21-19(17-11-5-4-6-12-17)14-18(20)13-16-9-7-8-10-16;/h6-7,9-12,14-17H,13H2,1-5H3;4-6,11,14-16H,7-10,13H2,1-3H3;/q2*-1;. The maximum atomic E-state index is 6.23. The summed E-state index contributed by atoms with van der Waals surface area (Å²) in [5.74, 6) is 2.49. The van der Waals surface area contributed by atoms with Crippen LogP contribution < -0.4 is 5.19 Å². The molecule has 0 saturated heterocycles. The van der Waals surface area contributed by atoms with Crippen LogP contribution in [0.15, 0.2) is 83.5 Å². The van der Waals surface area contributed by atoms with Crippen molar-refractivity contribution in [3.05, 3.63) is 108 Å². The minimum Gasteiger partial charge on any atom is -0.486 e. The van der Waals surface area contributed by atoms with E-state index in [1.54, 1.807) is 10.8 Å². The number of furan rings is 1. The van der Waals surface area contributed by atoms with E-state index >= 15 is 0 Å². The monoisotopic (exact) mass is 872 g/mol. The van der Waals surface area contributed by atoms with E-state index < -0.39 is 8.07 Å². The van der Waals surface area contributed by atoms with Crippen LogP contribution in [0.5, 0.6) is 0 Å². The first-order valence-corrected chi connectivity index (χ1v) is 22.1. The van der Waals surface area contributed by atoms with Crippen LogP contribution in [0.3, 0.4) is 0 Å². The second-order valence-electron chi connectivity index (χ2n) is 16.1. The summed E-state index contributed by atoms with van der Waals surface area (Å²) in [6.45, 7) is 18.4. The van der Waals surface area contributed by atoms with E-state index in [1.165, 1.54) is 37.7 Å².